The molecule has 1 saturated heterocycles. The lowest BCUT2D eigenvalue weighted by molar-refractivity contribution is 0.191. The number of benzene rings is 1. The minimum atomic E-state index is -0.281. The minimum absolute atomic E-state index is 0.281. The van der Waals surface area contributed by atoms with E-state index in [2.05, 4.69) is 9.80 Å². The number of anilines is 2. The maximum atomic E-state index is 9.96. The first-order chi connectivity index (χ1) is 9.49. The monoisotopic (exact) mass is 279 g/mol. The van der Waals surface area contributed by atoms with Crippen LogP contribution in [0, 0.1) is 0 Å². The molecular weight excluding hydrogens is 254 g/mol. The van der Waals surface area contributed by atoms with Gasteiger partial charge in [0.05, 0.1) is 12.7 Å². The number of likely N-dealkylation sites (N-methyl/N-ethyl adjacent to an activating group) is 1. The summed E-state index contributed by atoms with van der Waals surface area (Å²) in [6, 6.07) is 6.08. The van der Waals surface area contributed by atoms with Crippen LogP contribution in [0.4, 0.5) is 11.4 Å². The van der Waals surface area contributed by atoms with Crippen LogP contribution in [0.1, 0.15) is 13.3 Å². The summed E-state index contributed by atoms with van der Waals surface area (Å²) in [6.07, 6.45) is 0.508. The summed E-state index contributed by atoms with van der Waals surface area (Å²) >= 11 is 0. The van der Waals surface area contributed by atoms with Crippen LogP contribution in [-0.2, 0) is 0 Å². The SMILES string of the molecule is CCOc1cc(N)cc(N2CC(O)CC2CN(C)C)c1. The van der Waals surface area contributed by atoms with Crippen LogP contribution in [0.2, 0.25) is 0 Å². The summed E-state index contributed by atoms with van der Waals surface area (Å²) in [4.78, 5) is 4.37. The smallest absolute Gasteiger partial charge is 0.123 e. The molecule has 112 valence electrons. The predicted octanol–water partition coefficient (Wildman–Crippen LogP) is 1.17. The van der Waals surface area contributed by atoms with Gasteiger partial charge in [-0.05, 0) is 33.5 Å². The highest BCUT2D eigenvalue weighted by atomic mass is 16.5. The van der Waals surface area contributed by atoms with E-state index >= 15 is 0 Å². The van der Waals surface area contributed by atoms with Gasteiger partial charge in [-0.25, -0.2) is 0 Å². The number of nitrogen functional groups attached to an aromatic ring is 1. The van der Waals surface area contributed by atoms with Crippen molar-refractivity contribution in [3.8, 4) is 5.75 Å². The second kappa shape index (κ2) is 6.33. The zero-order valence-electron chi connectivity index (χ0n) is 12.5. The maximum Gasteiger partial charge on any atom is 0.123 e. The molecule has 2 rings (SSSR count). The molecule has 5 heteroatoms. The molecule has 0 bridgehead atoms. The van der Waals surface area contributed by atoms with Crippen LogP contribution in [0.15, 0.2) is 18.2 Å². The number of rotatable bonds is 5. The number of aliphatic hydroxyl groups excluding tert-OH is 1. The third-order valence-electron chi connectivity index (χ3n) is 3.52. The highest BCUT2D eigenvalue weighted by molar-refractivity contribution is 5.61. The number of nitrogens with two attached hydrogens (primary N) is 1. The fourth-order valence-corrected chi connectivity index (χ4v) is 2.82. The molecule has 0 spiro atoms. The van der Waals surface area contributed by atoms with E-state index in [0.29, 0.717) is 24.9 Å². The zero-order chi connectivity index (χ0) is 14.7. The fraction of sp³-hybridized carbons (Fsp3) is 0.600. The van der Waals surface area contributed by atoms with E-state index in [1.165, 1.54) is 0 Å². The van der Waals surface area contributed by atoms with Crippen molar-refractivity contribution in [3.05, 3.63) is 18.2 Å². The van der Waals surface area contributed by atoms with E-state index in [0.717, 1.165) is 24.4 Å². The summed E-state index contributed by atoms with van der Waals surface area (Å²) in [5.74, 6) is 0.785. The van der Waals surface area contributed by atoms with Crippen LogP contribution in [0.25, 0.3) is 0 Å². The van der Waals surface area contributed by atoms with Gasteiger partial charge in [-0.3, -0.25) is 0 Å². The van der Waals surface area contributed by atoms with Gasteiger partial charge in [0.25, 0.3) is 0 Å². The van der Waals surface area contributed by atoms with Gasteiger partial charge < -0.3 is 25.4 Å². The molecule has 5 nitrogen and oxygen atoms in total. The molecule has 1 aliphatic heterocycles. The van der Waals surface area contributed by atoms with Gasteiger partial charge in [0, 0.05) is 42.6 Å². The Labute approximate surface area is 120 Å². The average molecular weight is 279 g/mol. The molecule has 2 unspecified atom stereocenters. The molecule has 0 aliphatic carbocycles. The number of aliphatic hydroxyl groups is 1. The van der Waals surface area contributed by atoms with E-state index in [9.17, 15) is 5.11 Å². The van der Waals surface area contributed by atoms with Crippen molar-refractivity contribution in [2.45, 2.75) is 25.5 Å². The highest BCUT2D eigenvalue weighted by Gasteiger charge is 2.31. The zero-order valence-corrected chi connectivity index (χ0v) is 12.5. The Morgan fingerprint density at radius 1 is 1.40 bits per heavy atom. The Kier molecular flexibility index (Phi) is 4.73. The first-order valence-electron chi connectivity index (χ1n) is 7.12. The van der Waals surface area contributed by atoms with Crippen LogP contribution in [0.5, 0.6) is 5.75 Å². The molecule has 3 N–H and O–H groups in total. The third kappa shape index (κ3) is 3.55. The van der Waals surface area contributed by atoms with E-state index in [1.54, 1.807) is 0 Å². The van der Waals surface area contributed by atoms with E-state index in [1.807, 2.05) is 39.2 Å². The molecule has 1 heterocycles. The van der Waals surface area contributed by atoms with Gasteiger partial charge in [-0.15, -0.1) is 0 Å². The van der Waals surface area contributed by atoms with Crippen molar-refractivity contribution in [3.63, 3.8) is 0 Å². The van der Waals surface area contributed by atoms with Crippen molar-refractivity contribution in [1.82, 2.24) is 4.90 Å². The Hall–Kier alpha value is -1.46. The van der Waals surface area contributed by atoms with Gasteiger partial charge in [0.1, 0.15) is 5.75 Å². The highest BCUT2D eigenvalue weighted by Crippen LogP contribution is 2.31. The van der Waals surface area contributed by atoms with E-state index in [4.69, 9.17) is 10.5 Å². The lowest BCUT2D eigenvalue weighted by atomic mass is 10.1. The number of ether oxygens (including phenoxy) is 1. The molecule has 1 aromatic carbocycles. The summed E-state index contributed by atoms with van der Waals surface area (Å²) in [7, 11) is 4.10. The minimum Gasteiger partial charge on any atom is -0.494 e. The second-order valence-electron chi connectivity index (χ2n) is 5.65. The quantitative estimate of drug-likeness (QED) is 0.792. The van der Waals surface area contributed by atoms with Crippen LogP contribution < -0.4 is 15.4 Å². The topological polar surface area (TPSA) is 62.0 Å². The largest absolute Gasteiger partial charge is 0.494 e. The van der Waals surface area contributed by atoms with Crippen LogP contribution >= 0.6 is 0 Å². The van der Waals surface area contributed by atoms with E-state index in [-0.39, 0.29) is 6.10 Å². The molecule has 1 fully saturated rings. The molecule has 0 radical (unpaired) electrons. The average Bonchev–Trinajstić information content (AvgIpc) is 2.69. The van der Waals surface area contributed by atoms with Crippen molar-refractivity contribution in [2.24, 2.45) is 0 Å². The lowest BCUT2D eigenvalue weighted by Crippen LogP contribution is -2.37. The van der Waals surface area contributed by atoms with Crippen molar-refractivity contribution < 1.29 is 9.84 Å². The van der Waals surface area contributed by atoms with Gasteiger partial charge in [-0.2, -0.15) is 0 Å². The third-order valence-corrected chi connectivity index (χ3v) is 3.52. The Morgan fingerprint density at radius 3 is 2.80 bits per heavy atom. The second-order valence-corrected chi connectivity index (χ2v) is 5.65. The molecular formula is C15H25N3O2. The summed E-state index contributed by atoms with van der Waals surface area (Å²) in [5, 5.41) is 9.96. The Bertz CT molecular complexity index is 451. The van der Waals surface area contributed by atoms with Gasteiger partial charge >= 0.3 is 0 Å². The molecule has 0 amide bonds. The van der Waals surface area contributed by atoms with Crippen LogP contribution in [0.3, 0.4) is 0 Å². The lowest BCUT2D eigenvalue weighted by Gasteiger charge is -2.29. The first-order valence-corrected chi connectivity index (χ1v) is 7.12. The number of nitrogens with zero attached hydrogens (tertiary/aromatic N) is 2. The van der Waals surface area contributed by atoms with Crippen LogP contribution in [-0.4, -0.2) is 55.9 Å². The van der Waals surface area contributed by atoms with Gasteiger partial charge in [-0.1, -0.05) is 0 Å². The summed E-state index contributed by atoms with van der Waals surface area (Å²) < 4.78 is 5.55. The normalized spacial score (nSPS) is 22.6. The fourth-order valence-electron chi connectivity index (χ4n) is 2.82. The number of hydrogen-bond acceptors (Lipinski definition) is 5. The van der Waals surface area contributed by atoms with Gasteiger partial charge in [0.15, 0.2) is 0 Å². The molecule has 1 aromatic rings. The summed E-state index contributed by atoms with van der Waals surface area (Å²) in [5.41, 5.74) is 7.67. The Balaban J connectivity index is 2.23. The number of β-amino-alcohol motifs (C(OH)–C–C–N with tert-alkyl or cyclic N) is 1. The van der Waals surface area contributed by atoms with E-state index < -0.39 is 0 Å². The standard InChI is InChI=1S/C15H25N3O2/c1-4-20-15-6-11(16)5-12(8-15)18-10-14(19)7-13(18)9-17(2)3/h5-6,8,13-14,19H,4,7,9-10,16H2,1-3H3. The molecule has 20 heavy (non-hydrogen) atoms. The van der Waals surface area contributed by atoms with Crippen molar-refractivity contribution in [1.29, 1.82) is 0 Å². The summed E-state index contributed by atoms with van der Waals surface area (Å²) in [6.45, 7) is 4.13. The molecule has 2 atom stereocenters. The number of hydrogen-bond donors (Lipinski definition) is 2. The van der Waals surface area contributed by atoms with Crippen molar-refractivity contribution >= 4 is 11.4 Å². The maximum absolute atomic E-state index is 9.96. The predicted molar refractivity (Wildman–Crippen MR) is 82.3 cm³/mol. The first kappa shape index (κ1) is 14.9. The Morgan fingerprint density at radius 2 is 2.15 bits per heavy atom. The van der Waals surface area contributed by atoms with Crippen molar-refractivity contribution in [2.75, 3.05) is 44.4 Å². The molecule has 0 aromatic heterocycles. The molecule has 0 saturated carbocycles. The van der Waals surface area contributed by atoms with Gasteiger partial charge in [0.2, 0.25) is 0 Å². The molecule has 1 aliphatic rings.